The summed E-state index contributed by atoms with van der Waals surface area (Å²) in [6, 6.07) is 1.37. The third-order valence-electron chi connectivity index (χ3n) is 3.28. The van der Waals surface area contributed by atoms with Gasteiger partial charge in [-0.25, -0.2) is 13.1 Å². The van der Waals surface area contributed by atoms with Crippen LogP contribution in [0.15, 0.2) is 17.0 Å². The second kappa shape index (κ2) is 4.92. The number of nitrogens with one attached hydrogen (secondary N) is 1. The van der Waals surface area contributed by atoms with E-state index in [1.807, 2.05) is 0 Å². The van der Waals surface area contributed by atoms with Gasteiger partial charge in [0, 0.05) is 12.2 Å². The first-order valence-electron chi connectivity index (χ1n) is 6.08. The molecule has 0 unspecified atom stereocenters. The van der Waals surface area contributed by atoms with E-state index in [9.17, 15) is 21.6 Å². The summed E-state index contributed by atoms with van der Waals surface area (Å²) in [5.41, 5.74) is 4.37. The minimum Gasteiger partial charge on any atom is -0.398 e. The van der Waals surface area contributed by atoms with E-state index < -0.39 is 26.7 Å². The van der Waals surface area contributed by atoms with Gasteiger partial charge >= 0.3 is 6.18 Å². The van der Waals surface area contributed by atoms with Gasteiger partial charge in [-0.2, -0.15) is 13.2 Å². The standard InChI is InChI=1S/C12H15F3N2O2S/c1-7-10(16)4-9(12(13,14)15)5-11(7)20(18,19)17-6-8-2-3-8/h4-5,8,17H,2-3,6,16H2,1H3. The Morgan fingerprint density at radius 1 is 1.35 bits per heavy atom. The zero-order valence-corrected chi connectivity index (χ0v) is 11.6. The van der Waals surface area contributed by atoms with Crippen molar-refractivity contribution in [3.8, 4) is 0 Å². The molecule has 2 rings (SSSR count). The predicted molar refractivity (Wildman–Crippen MR) is 68.5 cm³/mol. The minimum absolute atomic E-state index is 0.126. The van der Waals surface area contributed by atoms with Gasteiger partial charge in [0.1, 0.15) is 0 Å². The topological polar surface area (TPSA) is 72.2 Å². The second-order valence-corrected chi connectivity index (χ2v) is 6.72. The number of benzene rings is 1. The number of sulfonamides is 1. The molecule has 1 saturated carbocycles. The molecule has 1 aliphatic rings. The molecule has 4 nitrogen and oxygen atoms in total. The van der Waals surface area contributed by atoms with Crippen LogP contribution in [0.5, 0.6) is 0 Å². The van der Waals surface area contributed by atoms with Crippen LogP contribution in [0, 0.1) is 12.8 Å². The van der Waals surface area contributed by atoms with E-state index in [2.05, 4.69) is 4.72 Å². The molecule has 0 spiro atoms. The molecule has 0 saturated heterocycles. The summed E-state index contributed by atoms with van der Waals surface area (Å²) in [6.07, 6.45) is -2.76. The first kappa shape index (κ1) is 15.1. The van der Waals surface area contributed by atoms with Gasteiger partial charge in [-0.1, -0.05) is 0 Å². The van der Waals surface area contributed by atoms with Crippen molar-refractivity contribution in [1.82, 2.24) is 4.72 Å². The first-order chi connectivity index (χ1) is 9.11. The second-order valence-electron chi connectivity index (χ2n) is 4.98. The summed E-state index contributed by atoms with van der Waals surface area (Å²) in [6.45, 7) is 1.64. The number of rotatable bonds is 4. The Hall–Kier alpha value is -1.28. The number of nitrogen functional groups attached to an aromatic ring is 1. The lowest BCUT2D eigenvalue weighted by Gasteiger charge is -2.14. The van der Waals surface area contributed by atoms with Crippen LogP contribution in [0.4, 0.5) is 18.9 Å². The Morgan fingerprint density at radius 3 is 2.45 bits per heavy atom. The lowest BCUT2D eigenvalue weighted by atomic mass is 10.1. The zero-order chi connectivity index (χ0) is 15.1. The summed E-state index contributed by atoms with van der Waals surface area (Å²) in [5, 5.41) is 0. The number of halogens is 3. The van der Waals surface area contributed by atoms with Gasteiger partial charge in [0.05, 0.1) is 10.5 Å². The Kier molecular flexibility index (Phi) is 3.72. The maximum absolute atomic E-state index is 12.7. The van der Waals surface area contributed by atoms with Crippen molar-refractivity contribution in [2.45, 2.75) is 30.8 Å². The van der Waals surface area contributed by atoms with Crippen LogP contribution in [0.2, 0.25) is 0 Å². The highest BCUT2D eigenvalue weighted by molar-refractivity contribution is 7.89. The molecule has 0 heterocycles. The maximum Gasteiger partial charge on any atom is 0.416 e. The summed E-state index contributed by atoms with van der Waals surface area (Å²) >= 11 is 0. The highest BCUT2D eigenvalue weighted by Gasteiger charge is 2.34. The van der Waals surface area contributed by atoms with E-state index in [1.165, 1.54) is 6.92 Å². The van der Waals surface area contributed by atoms with Crippen LogP contribution >= 0.6 is 0 Å². The summed E-state index contributed by atoms with van der Waals surface area (Å²) in [5.74, 6) is 0.285. The number of hydrogen-bond acceptors (Lipinski definition) is 3. The molecule has 3 N–H and O–H groups in total. The Bertz CT molecular complexity index is 622. The smallest absolute Gasteiger partial charge is 0.398 e. The van der Waals surface area contributed by atoms with Crippen LogP contribution in [0.25, 0.3) is 0 Å². The van der Waals surface area contributed by atoms with E-state index in [-0.39, 0.29) is 23.7 Å². The Morgan fingerprint density at radius 2 is 1.95 bits per heavy atom. The molecule has 1 aliphatic carbocycles. The average Bonchev–Trinajstić information content (AvgIpc) is 3.12. The fraction of sp³-hybridized carbons (Fsp3) is 0.500. The lowest BCUT2D eigenvalue weighted by Crippen LogP contribution is -2.27. The minimum atomic E-state index is -4.64. The average molecular weight is 308 g/mol. The molecule has 112 valence electrons. The molecule has 8 heteroatoms. The summed E-state index contributed by atoms with van der Waals surface area (Å²) in [7, 11) is -3.98. The van der Waals surface area contributed by atoms with Crippen molar-refractivity contribution >= 4 is 15.7 Å². The van der Waals surface area contributed by atoms with E-state index in [1.54, 1.807) is 0 Å². The maximum atomic E-state index is 12.7. The molecule has 0 radical (unpaired) electrons. The van der Waals surface area contributed by atoms with Gasteiger partial charge in [-0.05, 0) is 43.4 Å². The number of hydrogen-bond donors (Lipinski definition) is 2. The number of nitrogens with two attached hydrogens (primary N) is 1. The van der Waals surface area contributed by atoms with Crippen LogP contribution in [0.1, 0.15) is 24.0 Å². The van der Waals surface area contributed by atoms with E-state index >= 15 is 0 Å². The molecule has 0 amide bonds. The van der Waals surface area contributed by atoms with Gasteiger partial charge in [0.2, 0.25) is 10.0 Å². The van der Waals surface area contributed by atoms with E-state index in [0.717, 1.165) is 18.9 Å². The zero-order valence-electron chi connectivity index (χ0n) is 10.8. The fourth-order valence-electron chi connectivity index (χ4n) is 1.78. The van der Waals surface area contributed by atoms with Gasteiger partial charge < -0.3 is 5.73 Å². The van der Waals surface area contributed by atoms with Crippen molar-refractivity contribution in [3.05, 3.63) is 23.3 Å². The van der Waals surface area contributed by atoms with Crippen molar-refractivity contribution < 1.29 is 21.6 Å². The van der Waals surface area contributed by atoms with E-state index in [0.29, 0.717) is 6.07 Å². The molecule has 1 fully saturated rings. The highest BCUT2D eigenvalue weighted by Crippen LogP contribution is 2.34. The summed E-state index contributed by atoms with van der Waals surface area (Å²) in [4.78, 5) is -0.412. The molecule has 1 aromatic rings. The van der Waals surface area contributed by atoms with Crippen LogP contribution in [0.3, 0.4) is 0 Å². The Balaban J connectivity index is 2.40. The largest absolute Gasteiger partial charge is 0.416 e. The van der Waals surface area contributed by atoms with Crippen molar-refractivity contribution in [2.24, 2.45) is 5.92 Å². The van der Waals surface area contributed by atoms with Gasteiger partial charge in [0.25, 0.3) is 0 Å². The molecule has 0 atom stereocenters. The van der Waals surface area contributed by atoms with Crippen LogP contribution < -0.4 is 10.5 Å². The van der Waals surface area contributed by atoms with Crippen molar-refractivity contribution in [1.29, 1.82) is 0 Å². The normalized spacial score (nSPS) is 16.4. The third-order valence-corrected chi connectivity index (χ3v) is 4.83. The highest BCUT2D eigenvalue weighted by atomic mass is 32.2. The molecule has 0 aromatic heterocycles. The molecular formula is C12H15F3N2O2S. The van der Waals surface area contributed by atoms with Gasteiger partial charge in [0.15, 0.2) is 0 Å². The van der Waals surface area contributed by atoms with Crippen molar-refractivity contribution in [3.63, 3.8) is 0 Å². The monoisotopic (exact) mass is 308 g/mol. The van der Waals surface area contributed by atoms with E-state index in [4.69, 9.17) is 5.73 Å². The van der Waals surface area contributed by atoms with Gasteiger partial charge in [-0.15, -0.1) is 0 Å². The molecule has 0 aliphatic heterocycles. The van der Waals surface area contributed by atoms with Crippen LogP contribution in [-0.4, -0.2) is 15.0 Å². The fourth-order valence-corrected chi connectivity index (χ4v) is 3.19. The molecule has 1 aromatic carbocycles. The first-order valence-corrected chi connectivity index (χ1v) is 7.56. The molecule has 0 bridgehead atoms. The van der Waals surface area contributed by atoms with Crippen molar-refractivity contribution in [2.75, 3.05) is 12.3 Å². The number of alkyl halides is 3. The van der Waals surface area contributed by atoms with Gasteiger partial charge in [-0.3, -0.25) is 0 Å². The number of anilines is 1. The third kappa shape index (κ3) is 3.24. The predicted octanol–water partition coefficient (Wildman–Crippen LogP) is 2.28. The van der Waals surface area contributed by atoms with Crippen LogP contribution in [-0.2, 0) is 16.2 Å². The molecule has 20 heavy (non-hydrogen) atoms. The quantitative estimate of drug-likeness (QED) is 0.838. The lowest BCUT2D eigenvalue weighted by molar-refractivity contribution is -0.137. The SMILES string of the molecule is Cc1c(N)cc(C(F)(F)F)cc1S(=O)(=O)NCC1CC1. The Labute approximate surface area is 115 Å². The summed E-state index contributed by atoms with van der Waals surface area (Å²) < 4.78 is 64.7. The molecular weight excluding hydrogens is 293 g/mol.